The van der Waals surface area contributed by atoms with Crippen LogP contribution in [0, 0.1) is 0 Å². The summed E-state index contributed by atoms with van der Waals surface area (Å²) in [6.07, 6.45) is 7.38. The number of aryl methyl sites for hydroxylation is 2. The summed E-state index contributed by atoms with van der Waals surface area (Å²) < 4.78 is 2.08. The van der Waals surface area contributed by atoms with E-state index in [1.807, 2.05) is 26.5 Å². The SMILES string of the molecule is CNCCCCc1nccn1C. The molecule has 0 aromatic carbocycles. The maximum absolute atomic E-state index is 4.26. The fourth-order valence-corrected chi connectivity index (χ4v) is 1.22. The Balaban J connectivity index is 2.20. The lowest BCUT2D eigenvalue weighted by Gasteiger charge is -2.00. The fraction of sp³-hybridized carbons (Fsp3) is 0.667. The normalized spacial score (nSPS) is 10.5. The van der Waals surface area contributed by atoms with Crippen molar-refractivity contribution in [2.45, 2.75) is 19.3 Å². The topological polar surface area (TPSA) is 29.9 Å². The Kier molecular flexibility index (Phi) is 3.80. The standard InChI is InChI=1S/C9H17N3/c1-10-6-4-3-5-9-11-7-8-12(9)2/h7-8,10H,3-6H2,1-2H3. The number of nitrogens with zero attached hydrogens (tertiary/aromatic N) is 2. The number of hydrogen-bond acceptors (Lipinski definition) is 2. The third kappa shape index (κ3) is 2.66. The van der Waals surface area contributed by atoms with Crippen LogP contribution < -0.4 is 5.32 Å². The molecule has 3 heteroatoms. The predicted molar refractivity (Wildman–Crippen MR) is 50.1 cm³/mol. The van der Waals surface area contributed by atoms with E-state index in [-0.39, 0.29) is 0 Å². The van der Waals surface area contributed by atoms with Crippen molar-refractivity contribution in [2.75, 3.05) is 13.6 Å². The first kappa shape index (κ1) is 9.26. The van der Waals surface area contributed by atoms with Gasteiger partial charge in [-0.15, -0.1) is 0 Å². The summed E-state index contributed by atoms with van der Waals surface area (Å²) in [7, 11) is 4.03. The summed E-state index contributed by atoms with van der Waals surface area (Å²) >= 11 is 0. The van der Waals surface area contributed by atoms with E-state index in [1.54, 1.807) is 0 Å². The molecule has 1 rings (SSSR count). The Morgan fingerprint density at radius 1 is 1.50 bits per heavy atom. The molecule has 0 aliphatic carbocycles. The van der Waals surface area contributed by atoms with Crippen molar-refractivity contribution in [3.63, 3.8) is 0 Å². The van der Waals surface area contributed by atoms with E-state index in [1.165, 1.54) is 18.7 Å². The molecule has 0 unspecified atom stereocenters. The van der Waals surface area contributed by atoms with E-state index in [0.717, 1.165) is 13.0 Å². The number of unbranched alkanes of at least 4 members (excludes halogenated alkanes) is 1. The van der Waals surface area contributed by atoms with Gasteiger partial charge in [-0.25, -0.2) is 4.98 Å². The van der Waals surface area contributed by atoms with Crippen LogP contribution in [0.3, 0.4) is 0 Å². The van der Waals surface area contributed by atoms with E-state index in [2.05, 4.69) is 14.9 Å². The average Bonchev–Trinajstić information content (AvgIpc) is 2.46. The second kappa shape index (κ2) is 4.93. The third-order valence-corrected chi connectivity index (χ3v) is 2.00. The van der Waals surface area contributed by atoms with Gasteiger partial charge in [-0.3, -0.25) is 0 Å². The largest absolute Gasteiger partial charge is 0.338 e. The molecule has 1 N–H and O–H groups in total. The van der Waals surface area contributed by atoms with Crippen LogP contribution in [0.15, 0.2) is 12.4 Å². The van der Waals surface area contributed by atoms with Crippen LogP contribution in [0.2, 0.25) is 0 Å². The van der Waals surface area contributed by atoms with Crippen molar-refractivity contribution in [1.82, 2.24) is 14.9 Å². The summed E-state index contributed by atoms with van der Waals surface area (Å²) in [5, 5.41) is 3.14. The molecule has 0 radical (unpaired) electrons. The maximum atomic E-state index is 4.26. The van der Waals surface area contributed by atoms with Crippen molar-refractivity contribution in [3.05, 3.63) is 18.2 Å². The lowest BCUT2D eigenvalue weighted by atomic mass is 10.2. The molecule has 0 amide bonds. The first-order chi connectivity index (χ1) is 5.84. The molecule has 0 aliphatic heterocycles. The second-order valence-electron chi connectivity index (χ2n) is 3.02. The van der Waals surface area contributed by atoms with Crippen LogP contribution in [0.1, 0.15) is 18.7 Å². The molecule has 0 bridgehead atoms. The van der Waals surface area contributed by atoms with Crippen LogP contribution in [0.5, 0.6) is 0 Å². The molecular formula is C9H17N3. The lowest BCUT2D eigenvalue weighted by Crippen LogP contribution is -2.08. The molecule has 1 aromatic rings. The highest BCUT2D eigenvalue weighted by molar-refractivity contribution is 4.90. The Bertz CT molecular complexity index is 217. The predicted octanol–water partition coefficient (Wildman–Crippen LogP) is 0.962. The summed E-state index contributed by atoms with van der Waals surface area (Å²) in [5.74, 6) is 1.19. The van der Waals surface area contributed by atoms with Gasteiger partial charge in [-0.05, 0) is 26.4 Å². The van der Waals surface area contributed by atoms with Crippen LogP contribution >= 0.6 is 0 Å². The fourth-order valence-electron chi connectivity index (χ4n) is 1.22. The summed E-state index contributed by atoms with van der Waals surface area (Å²) in [6.45, 7) is 1.10. The summed E-state index contributed by atoms with van der Waals surface area (Å²) in [6, 6.07) is 0. The van der Waals surface area contributed by atoms with Crippen molar-refractivity contribution in [3.8, 4) is 0 Å². The molecule has 0 saturated heterocycles. The van der Waals surface area contributed by atoms with Crippen LogP contribution in [0.25, 0.3) is 0 Å². The third-order valence-electron chi connectivity index (χ3n) is 2.00. The molecule has 1 aromatic heterocycles. The summed E-state index contributed by atoms with van der Waals surface area (Å²) in [5.41, 5.74) is 0. The molecule has 0 saturated carbocycles. The summed E-state index contributed by atoms with van der Waals surface area (Å²) in [4.78, 5) is 4.26. The molecule has 3 nitrogen and oxygen atoms in total. The van der Waals surface area contributed by atoms with Gasteiger partial charge in [0.2, 0.25) is 0 Å². The first-order valence-electron chi connectivity index (χ1n) is 4.45. The quantitative estimate of drug-likeness (QED) is 0.662. The minimum Gasteiger partial charge on any atom is -0.338 e. The molecule has 68 valence electrons. The smallest absolute Gasteiger partial charge is 0.108 e. The molecule has 0 atom stereocenters. The highest BCUT2D eigenvalue weighted by Gasteiger charge is 1.97. The van der Waals surface area contributed by atoms with Crippen molar-refractivity contribution >= 4 is 0 Å². The van der Waals surface area contributed by atoms with Crippen molar-refractivity contribution in [2.24, 2.45) is 7.05 Å². The zero-order valence-electron chi connectivity index (χ0n) is 7.88. The van der Waals surface area contributed by atoms with Gasteiger partial charge in [0.15, 0.2) is 0 Å². The van der Waals surface area contributed by atoms with Crippen molar-refractivity contribution in [1.29, 1.82) is 0 Å². The van der Waals surface area contributed by atoms with Gasteiger partial charge in [-0.2, -0.15) is 0 Å². The maximum Gasteiger partial charge on any atom is 0.108 e. The lowest BCUT2D eigenvalue weighted by molar-refractivity contribution is 0.648. The molecule has 12 heavy (non-hydrogen) atoms. The molecular weight excluding hydrogens is 150 g/mol. The molecule has 0 aliphatic rings. The van der Waals surface area contributed by atoms with E-state index in [9.17, 15) is 0 Å². The minimum atomic E-state index is 1.09. The zero-order chi connectivity index (χ0) is 8.81. The Morgan fingerprint density at radius 3 is 2.92 bits per heavy atom. The second-order valence-corrected chi connectivity index (χ2v) is 3.02. The monoisotopic (exact) mass is 167 g/mol. The van der Waals surface area contributed by atoms with Gasteiger partial charge < -0.3 is 9.88 Å². The number of hydrogen-bond donors (Lipinski definition) is 1. The number of imidazole rings is 1. The van der Waals surface area contributed by atoms with Crippen molar-refractivity contribution < 1.29 is 0 Å². The number of nitrogens with one attached hydrogen (secondary N) is 1. The van der Waals surface area contributed by atoms with Gasteiger partial charge in [0, 0.05) is 25.9 Å². The Hall–Kier alpha value is -0.830. The Morgan fingerprint density at radius 2 is 2.33 bits per heavy atom. The van der Waals surface area contributed by atoms with Gasteiger partial charge >= 0.3 is 0 Å². The number of aromatic nitrogens is 2. The van der Waals surface area contributed by atoms with E-state index in [0.29, 0.717) is 0 Å². The zero-order valence-corrected chi connectivity index (χ0v) is 7.88. The van der Waals surface area contributed by atoms with Gasteiger partial charge in [0.05, 0.1) is 0 Å². The molecule has 1 heterocycles. The van der Waals surface area contributed by atoms with Crippen LogP contribution in [-0.2, 0) is 13.5 Å². The van der Waals surface area contributed by atoms with E-state index >= 15 is 0 Å². The van der Waals surface area contributed by atoms with Gasteiger partial charge in [-0.1, -0.05) is 0 Å². The van der Waals surface area contributed by atoms with E-state index < -0.39 is 0 Å². The van der Waals surface area contributed by atoms with Gasteiger partial charge in [0.25, 0.3) is 0 Å². The highest BCUT2D eigenvalue weighted by atomic mass is 15.0. The Labute approximate surface area is 73.8 Å². The molecule has 0 spiro atoms. The van der Waals surface area contributed by atoms with Crippen LogP contribution in [0.4, 0.5) is 0 Å². The van der Waals surface area contributed by atoms with Crippen LogP contribution in [-0.4, -0.2) is 23.1 Å². The first-order valence-corrected chi connectivity index (χ1v) is 4.45. The molecule has 0 fully saturated rings. The highest BCUT2D eigenvalue weighted by Crippen LogP contribution is 2.00. The number of rotatable bonds is 5. The van der Waals surface area contributed by atoms with E-state index in [4.69, 9.17) is 0 Å². The van der Waals surface area contributed by atoms with Gasteiger partial charge in [0.1, 0.15) is 5.82 Å². The minimum absolute atomic E-state index is 1.09. The average molecular weight is 167 g/mol.